The van der Waals surface area contributed by atoms with E-state index in [0.29, 0.717) is 23.8 Å². The number of fused-ring (bicyclic) bond motifs is 1. The minimum atomic E-state index is -3.56. The SMILES string of the molecule is CCCCN(C(=O)c1ccc(S(=O)(=O)N2CCCC[C@H]2C)cc1)c1nc2ccccc2s1. The number of unbranched alkanes of at least 4 members (excludes halogenated alkanes) is 1. The third-order valence-electron chi connectivity index (χ3n) is 5.94. The van der Waals surface area contributed by atoms with Crippen LogP contribution in [-0.2, 0) is 10.0 Å². The normalized spacial score (nSPS) is 17.5. The molecule has 0 aliphatic carbocycles. The molecule has 4 rings (SSSR count). The minimum absolute atomic E-state index is 0.00127. The van der Waals surface area contributed by atoms with E-state index in [4.69, 9.17) is 0 Å². The molecule has 0 radical (unpaired) electrons. The smallest absolute Gasteiger partial charge is 0.260 e. The van der Waals surface area contributed by atoms with Crippen molar-refractivity contribution < 1.29 is 13.2 Å². The van der Waals surface area contributed by atoms with Crippen molar-refractivity contribution in [3.05, 3.63) is 54.1 Å². The number of thiazole rings is 1. The fourth-order valence-corrected chi connectivity index (χ4v) is 6.75. The van der Waals surface area contributed by atoms with Crippen molar-refractivity contribution in [2.24, 2.45) is 0 Å². The molecule has 8 heteroatoms. The highest BCUT2D eigenvalue weighted by Crippen LogP contribution is 2.30. The maximum absolute atomic E-state index is 13.4. The summed E-state index contributed by atoms with van der Waals surface area (Å²) in [5.74, 6) is -0.159. The molecule has 3 aromatic rings. The maximum Gasteiger partial charge on any atom is 0.260 e. The zero-order chi connectivity index (χ0) is 22.7. The third-order valence-corrected chi connectivity index (χ3v) is 9.03. The monoisotopic (exact) mass is 471 g/mol. The van der Waals surface area contributed by atoms with E-state index in [1.807, 2.05) is 31.2 Å². The number of amides is 1. The fourth-order valence-electron chi connectivity index (χ4n) is 4.07. The number of nitrogens with zero attached hydrogens (tertiary/aromatic N) is 3. The summed E-state index contributed by atoms with van der Waals surface area (Å²) in [4.78, 5) is 20.0. The molecule has 2 aromatic carbocycles. The van der Waals surface area contributed by atoms with Crippen LogP contribution in [0.4, 0.5) is 5.13 Å². The van der Waals surface area contributed by atoms with Crippen LogP contribution in [0.25, 0.3) is 10.2 Å². The number of aromatic nitrogens is 1. The number of carbonyl (C=O) groups is 1. The highest BCUT2D eigenvalue weighted by Gasteiger charge is 2.31. The third kappa shape index (κ3) is 4.58. The van der Waals surface area contributed by atoms with Gasteiger partial charge in [0.15, 0.2) is 5.13 Å². The predicted octanol–water partition coefficient (Wildman–Crippen LogP) is 5.31. The lowest BCUT2D eigenvalue weighted by Gasteiger charge is -2.32. The Kier molecular flexibility index (Phi) is 6.93. The van der Waals surface area contributed by atoms with Crippen molar-refractivity contribution in [3.8, 4) is 0 Å². The Hall–Kier alpha value is -2.29. The van der Waals surface area contributed by atoms with Crippen LogP contribution < -0.4 is 4.90 Å². The van der Waals surface area contributed by atoms with Crippen LogP contribution in [0.1, 0.15) is 56.3 Å². The van der Waals surface area contributed by atoms with Gasteiger partial charge in [0.05, 0.1) is 15.1 Å². The number of hydrogen-bond donors (Lipinski definition) is 0. The van der Waals surface area contributed by atoms with Crippen LogP contribution in [0.2, 0.25) is 0 Å². The Morgan fingerprint density at radius 2 is 1.91 bits per heavy atom. The van der Waals surface area contributed by atoms with Crippen LogP contribution in [0.3, 0.4) is 0 Å². The maximum atomic E-state index is 13.4. The topological polar surface area (TPSA) is 70.6 Å². The first kappa shape index (κ1) is 22.9. The Labute approximate surface area is 193 Å². The summed E-state index contributed by atoms with van der Waals surface area (Å²) in [6.07, 6.45) is 4.64. The minimum Gasteiger partial charge on any atom is -0.284 e. The van der Waals surface area contributed by atoms with E-state index in [1.165, 1.54) is 11.3 Å². The Bertz CT molecular complexity index is 1160. The molecule has 170 valence electrons. The summed E-state index contributed by atoms with van der Waals surface area (Å²) in [5.41, 5.74) is 1.34. The van der Waals surface area contributed by atoms with Gasteiger partial charge in [0, 0.05) is 24.7 Å². The summed E-state index contributed by atoms with van der Waals surface area (Å²) in [6.45, 7) is 5.16. The average Bonchev–Trinajstić information content (AvgIpc) is 3.23. The summed E-state index contributed by atoms with van der Waals surface area (Å²) < 4.78 is 28.8. The Morgan fingerprint density at radius 3 is 2.59 bits per heavy atom. The number of rotatable bonds is 7. The molecule has 6 nitrogen and oxygen atoms in total. The van der Waals surface area contributed by atoms with Crippen molar-refractivity contribution >= 4 is 42.6 Å². The molecule has 1 amide bonds. The van der Waals surface area contributed by atoms with Crippen molar-refractivity contribution in [2.75, 3.05) is 18.0 Å². The molecule has 2 heterocycles. The second-order valence-corrected chi connectivity index (χ2v) is 11.2. The Morgan fingerprint density at radius 1 is 1.16 bits per heavy atom. The first-order valence-electron chi connectivity index (χ1n) is 11.2. The number of anilines is 1. The van der Waals surface area contributed by atoms with E-state index in [-0.39, 0.29) is 16.8 Å². The van der Waals surface area contributed by atoms with Crippen LogP contribution in [0.5, 0.6) is 0 Å². The van der Waals surface area contributed by atoms with Crippen molar-refractivity contribution in [1.29, 1.82) is 0 Å². The first-order chi connectivity index (χ1) is 15.4. The molecule has 0 bridgehead atoms. The second kappa shape index (κ2) is 9.68. The highest BCUT2D eigenvalue weighted by molar-refractivity contribution is 7.89. The summed E-state index contributed by atoms with van der Waals surface area (Å²) in [7, 11) is -3.56. The molecule has 0 spiro atoms. The van der Waals surface area contributed by atoms with E-state index in [9.17, 15) is 13.2 Å². The molecule has 1 fully saturated rings. The van der Waals surface area contributed by atoms with Crippen molar-refractivity contribution in [1.82, 2.24) is 9.29 Å². The van der Waals surface area contributed by atoms with Gasteiger partial charge in [-0.25, -0.2) is 13.4 Å². The zero-order valence-electron chi connectivity index (χ0n) is 18.5. The van der Waals surface area contributed by atoms with E-state index < -0.39 is 10.0 Å². The van der Waals surface area contributed by atoms with Gasteiger partial charge in [0.25, 0.3) is 5.91 Å². The molecule has 1 aliphatic heterocycles. The second-order valence-electron chi connectivity index (χ2n) is 8.26. The molecule has 1 aliphatic rings. The fraction of sp³-hybridized carbons (Fsp3) is 0.417. The van der Waals surface area contributed by atoms with Gasteiger partial charge in [-0.2, -0.15) is 4.31 Å². The van der Waals surface area contributed by atoms with Gasteiger partial charge in [0.1, 0.15) is 0 Å². The van der Waals surface area contributed by atoms with E-state index in [0.717, 1.165) is 42.3 Å². The average molecular weight is 472 g/mol. The number of carbonyl (C=O) groups excluding carboxylic acids is 1. The molecule has 1 atom stereocenters. The molecule has 0 unspecified atom stereocenters. The summed E-state index contributed by atoms with van der Waals surface area (Å²) in [6, 6.07) is 14.2. The molecular formula is C24H29N3O3S2. The lowest BCUT2D eigenvalue weighted by atomic mass is 10.1. The van der Waals surface area contributed by atoms with Crippen molar-refractivity contribution in [3.63, 3.8) is 0 Å². The van der Waals surface area contributed by atoms with Gasteiger partial charge in [-0.15, -0.1) is 0 Å². The number of sulfonamides is 1. The van der Waals surface area contributed by atoms with Crippen molar-refractivity contribution in [2.45, 2.75) is 56.9 Å². The van der Waals surface area contributed by atoms with Gasteiger partial charge in [-0.05, 0) is 62.6 Å². The molecule has 0 N–H and O–H groups in total. The van der Waals surface area contributed by atoms with E-state index in [1.54, 1.807) is 33.5 Å². The standard InChI is InChI=1S/C24H29N3O3S2/c1-3-4-16-26(24-25-21-10-5-6-11-22(21)31-24)23(28)19-12-14-20(15-13-19)32(29,30)27-17-8-7-9-18(27)2/h5-6,10-15,18H,3-4,7-9,16-17H2,1-2H3/t18-/m1/s1. The number of para-hydroxylation sites is 1. The van der Waals surface area contributed by atoms with E-state index >= 15 is 0 Å². The molecule has 0 saturated carbocycles. The number of benzene rings is 2. The Balaban J connectivity index is 1.60. The highest BCUT2D eigenvalue weighted by atomic mass is 32.2. The largest absolute Gasteiger partial charge is 0.284 e. The van der Waals surface area contributed by atoms with Gasteiger partial charge in [-0.1, -0.05) is 43.2 Å². The molecular weight excluding hydrogens is 442 g/mol. The summed E-state index contributed by atoms with van der Waals surface area (Å²) in [5, 5.41) is 0.670. The van der Waals surface area contributed by atoms with Crippen LogP contribution >= 0.6 is 11.3 Å². The quantitative estimate of drug-likeness (QED) is 0.468. The van der Waals surface area contributed by atoms with Gasteiger partial charge < -0.3 is 0 Å². The zero-order valence-corrected chi connectivity index (χ0v) is 20.2. The molecule has 1 aromatic heterocycles. The molecule has 1 saturated heterocycles. The van der Waals surface area contributed by atoms with Crippen LogP contribution in [0.15, 0.2) is 53.4 Å². The number of hydrogen-bond acceptors (Lipinski definition) is 5. The van der Waals surface area contributed by atoms with Crippen LogP contribution in [-0.4, -0.2) is 42.7 Å². The van der Waals surface area contributed by atoms with Crippen LogP contribution in [0, 0.1) is 0 Å². The first-order valence-corrected chi connectivity index (χ1v) is 13.5. The summed E-state index contributed by atoms with van der Waals surface area (Å²) >= 11 is 1.50. The van der Waals surface area contributed by atoms with Gasteiger partial charge in [0.2, 0.25) is 10.0 Å². The lowest BCUT2D eigenvalue weighted by molar-refractivity contribution is 0.0986. The van der Waals surface area contributed by atoms with E-state index in [2.05, 4.69) is 11.9 Å². The predicted molar refractivity (Wildman–Crippen MR) is 130 cm³/mol. The van der Waals surface area contributed by atoms with Gasteiger partial charge in [-0.3, -0.25) is 9.69 Å². The lowest BCUT2D eigenvalue weighted by Crippen LogP contribution is -2.41. The molecule has 32 heavy (non-hydrogen) atoms. The van der Waals surface area contributed by atoms with Gasteiger partial charge >= 0.3 is 0 Å². The number of piperidine rings is 1.